The smallest absolute Gasteiger partial charge is 0.280 e. The Morgan fingerprint density at radius 3 is 3.05 bits per heavy atom. The largest absolute Gasteiger partial charge is 0.339 e. The van der Waals surface area contributed by atoms with Crippen LogP contribution in [0.15, 0.2) is 40.3 Å². The van der Waals surface area contributed by atoms with Crippen LogP contribution in [0.1, 0.15) is 0 Å². The number of aromatic amines is 1. The summed E-state index contributed by atoms with van der Waals surface area (Å²) in [6, 6.07) is 7.92. The van der Waals surface area contributed by atoms with E-state index in [1.807, 2.05) is 30.5 Å². The maximum atomic E-state index is 12.1. The Morgan fingerprint density at radius 2 is 2.25 bits per heavy atom. The second-order valence-corrected chi connectivity index (χ2v) is 5.14. The topological polar surface area (TPSA) is 75.6 Å². The second-order valence-electron chi connectivity index (χ2n) is 4.26. The van der Waals surface area contributed by atoms with E-state index in [-0.39, 0.29) is 5.56 Å². The molecule has 7 heteroatoms. The van der Waals surface area contributed by atoms with Crippen molar-refractivity contribution in [2.24, 2.45) is 7.05 Å². The molecule has 6 nitrogen and oxygen atoms in total. The summed E-state index contributed by atoms with van der Waals surface area (Å²) in [6.45, 7) is 0. The number of anilines is 2. The Labute approximate surface area is 119 Å². The molecule has 0 bridgehead atoms. The highest BCUT2D eigenvalue weighted by Crippen LogP contribution is 2.21. The molecule has 0 saturated carbocycles. The van der Waals surface area contributed by atoms with Crippen LogP contribution in [0.2, 0.25) is 0 Å². The van der Waals surface area contributed by atoms with Gasteiger partial charge in [-0.25, -0.2) is 4.98 Å². The highest BCUT2D eigenvalue weighted by atomic mass is 32.2. The zero-order valence-corrected chi connectivity index (χ0v) is 11.9. The van der Waals surface area contributed by atoms with Crippen LogP contribution in [-0.4, -0.2) is 25.8 Å². The minimum Gasteiger partial charge on any atom is -0.339 e. The van der Waals surface area contributed by atoms with Gasteiger partial charge in [0.15, 0.2) is 11.2 Å². The van der Waals surface area contributed by atoms with Gasteiger partial charge in [0.2, 0.25) is 5.95 Å². The molecule has 2 aromatic heterocycles. The molecule has 0 saturated heterocycles. The van der Waals surface area contributed by atoms with Gasteiger partial charge in [0.25, 0.3) is 5.56 Å². The molecule has 0 aliphatic rings. The van der Waals surface area contributed by atoms with Gasteiger partial charge in [-0.2, -0.15) is 4.98 Å². The van der Waals surface area contributed by atoms with Crippen LogP contribution in [0.4, 0.5) is 11.6 Å². The van der Waals surface area contributed by atoms with Crippen molar-refractivity contribution < 1.29 is 0 Å². The summed E-state index contributed by atoms with van der Waals surface area (Å²) in [5.41, 5.74) is 1.55. The van der Waals surface area contributed by atoms with Gasteiger partial charge in [-0.15, -0.1) is 11.8 Å². The third-order valence-electron chi connectivity index (χ3n) is 2.99. The fourth-order valence-electron chi connectivity index (χ4n) is 1.91. The number of hydrogen-bond donors (Lipinski definition) is 2. The van der Waals surface area contributed by atoms with Crippen LogP contribution in [0.5, 0.6) is 0 Å². The molecular formula is C13H13N5OS. The zero-order valence-electron chi connectivity index (χ0n) is 11.0. The lowest BCUT2D eigenvalue weighted by Crippen LogP contribution is -2.21. The minimum atomic E-state index is -0.156. The predicted octanol–water partition coefficient (Wildman–Crippen LogP) is 2.12. The molecule has 102 valence electrons. The lowest BCUT2D eigenvalue weighted by atomic mass is 10.3. The monoisotopic (exact) mass is 287 g/mol. The lowest BCUT2D eigenvalue weighted by molar-refractivity contribution is 0.852. The quantitative estimate of drug-likeness (QED) is 0.722. The molecule has 2 heterocycles. The molecule has 3 aromatic rings. The fourth-order valence-corrected chi connectivity index (χ4v) is 2.37. The van der Waals surface area contributed by atoms with E-state index < -0.39 is 0 Å². The van der Waals surface area contributed by atoms with Crippen LogP contribution in [0, 0.1) is 0 Å². The predicted molar refractivity (Wildman–Crippen MR) is 80.6 cm³/mol. The van der Waals surface area contributed by atoms with E-state index in [4.69, 9.17) is 0 Å². The number of fused-ring (bicyclic) bond motifs is 1. The summed E-state index contributed by atoms with van der Waals surface area (Å²) >= 11 is 1.66. The average molecular weight is 287 g/mol. The van der Waals surface area contributed by atoms with Crippen LogP contribution >= 0.6 is 11.8 Å². The Hall–Kier alpha value is -2.28. The maximum Gasteiger partial charge on any atom is 0.280 e. The van der Waals surface area contributed by atoms with Crippen molar-refractivity contribution in [3.63, 3.8) is 0 Å². The van der Waals surface area contributed by atoms with E-state index in [9.17, 15) is 4.79 Å². The summed E-state index contributed by atoms with van der Waals surface area (Å²) in [4.78, 5) is 24.5. The van der Waals surface area contributed by atoms with Gasteiger partial charge in [0.05, 0.1) is 6.33 Å². The van der Waals surface area contributed by atoms with Gasteiger partial charge < -0.3 is 10.3 Å². The standard InChI is InChI=1S/C13H13N5OS/c1-18-12(19)10-11(15-7-14-10)17-13(18)16-8-4-3-5-9(6-8)20-2/h3-7H,1-2H3,(H,14,15)(H,16,17). The average Bonchev–Trinajstić information content (AvgIpc) is 2.93. The van der Waals surface area contributed by atoms with Gasteiger partial charge in [0.1, 0.15) is 0 Å². The number of rotatable bonds is 3. The molecule has 0 amide bonds. The number of aromatic nitrogens is 4. The van der Waals surface area contributed by atoms with Gasteiger partial charge >= 0.3 is 0 Å². The number of hydrogen-bond acceptors (Lipinski definition) is 5. The zero-order chi connectivity index (χ0) is 14.1. The van der Waals surface area contributed by atoms with E-state index in [0.29, 0.717) is 17.1 Å². The van der Waals surface area contributed by atoms with Crippen molar-refractivity contribution in [2.75, 3.05) is 11.6 Å². The van der Waals surface area contributed by atoms with Crippen molar-refractivity contribution in [1.29, 1.82) is 0 Å². The van der Waals surface area contributed by atoms with Crippen LogP contribution in [0.3, 0.4) is 0 Å². The molecule has 2 N–H and O–H groups in total. The third-order valence-corrected chi connectivity index (χ3v) is 3.72. The number of benzene rings is 1. The lowest BCUT2D eigenvalue weighted by Gasteiger charge is -2.10. The third kappa shape index (κ3) is 2.16. The van der Waals surface area contributed by atoms with Crippen LogP contribution in [0.25, 0.3) is 11.2 Å². The Kier molecular flexibility index (Phi) is 3.19. The van der Waals surface area contributed by atoms with Crippen molar-refractivity contribution in [3.05, 3.63) is 40.9 Å². The number of thioether (sulfide) groups is 1. The van der Waals surface area contributed by atoms with E-state index in [1.54, 1.807) is 18.8 Å². The second kappa shape index (κ2) is 5.01. The number of H-pyrrole nitrogens is 1. The molecule has 0 aliphatic carbocycles. The molecule has 3 rings (SSSR count). The van der Waals surface area contributed by atoms with Crippen LogP contribution < -0.4 is 10.9 Å². The summed E-state index contributed by atoms with van der Waals surface area (Å²) in [6.07, 6.45) is 3.49. The normalized spacial score (nSPS) is 10.9. The van der Waals surface area contributed by atoms with E-state index >= 15 is 0 Å². The van der Waals surface area contributed by atoms with Crippen molar-refractivity contribution >= 4 is 34.6 Å². The van der Waals surface area contributed by atoms with Gasteiger partial charge in [0, 0.05) is 17.6 Å². The molecule has 0 atom stereocenters. The van der Waals surface area contributed by atoms with Gasteiger partial charge in [-0.1, -0.05) is 6.07 Å². The van der Waals surface area contributed by atoms with Crippen LogP contribution in [-0.2, 0) is 7.05 Å². The van der Waals surface area contributed by atoms with Crippen molar-refractivity contribution in [3.8, 4) is 0 Å². The Bertz CT molecular complexity index is 823. The molecule has 1 aromatic carbocycles. The Morgan fingerprint density at radius 1 is 1.40 bits per heavy atom. The highest BCUT2D eigenvalue weighted by Gasteiger charge is 2.10. The first-order chi connectivity index (χ1) is 9.69. The molecule has 0 aliphatic heterocycles. The van der Waals surface area contributed by atoms with Gasteiger partial charge in [-0.05, 0) is 24.5 Å². The fraction of sp³-hybridized carbons (Fsp3) is 0.154. The van der Waals surface area contributed by atoms with E-state index in [0.717, 1.165) is 10.6 Å². The number of nitrogens with one attached hydrogen (secondary N) is 2. The molecule has 0 fully saturated rings. The molecule has 0 radical (unpaired) electrons. The first-order valence-corrected chi connectivity index (χ1v) is 7.22. The SMILES string of the molecule is CSc1cccc(Nc2nc3nc[nH]c3c(=O)n2C)c1. The van der Waals surface area contributed by atoms with Crippen molar-refractivity contribution in [1.82, 2.24) is 19.5 Å². The van der Waals surface area contributed by atoms with Gasteiger partial charge in [-0.3, -0.25) is 9.36 Å². The first kappa shape index (κ1) is 12.7. The van der Waals surface area contributed by atoms with E-state index in [1.165, 1.54) is 10.9 Å². The number of imidazole rings is 1. The summed E-state index contributed by atoms with van der Waals surface area (Å²) in [5.74, 6) is 0.466. The van der Waals surface area contributed by atoms with E-state index in [2.05, 4.69) is 20.3 Å². The first-order valence-electron chi connectivity index (χ1n) is 6.00. The molecule has 0 spiro atoms. The maximum absolute atomic E-state index is 12.1. The summed E-state index contributed by atoms with van der Waals surface area (Å²) < 4.78 is 1.46. The molecule has 0 unspecified atom stereocenters. The minimum absolute atomic E-state index is 0.156. The molecule has 20 heavy (non-hydrogen) atoms. The number of nitrogens with zero attached hydrogens (tertiary/aromatic N) is 3. The summed E-state index contributed by atoms with van der Waals surface area (Å²) in [7, 11) is 1.68. The van der Waals surface area contributed by atoms with Crippen molar-refractivity contribution in [2.45, 2.75) is 4.90 Å². The summed E-state index contributed by atoms with van der Waals surface area (Å²) in [5, 5.41) is 3.15. The highest BCUT2D eigenvalue weighted by molar-refractivity contribution is 7.98. The Balaban J connectivity index is 2.05. The molecular weight excluding hydrogens is 274 g/mol.